The predicted molar refractivity (Wildman–Crippen MR) is 236 cm³/mol. The number of aryl methyl sites for hydroxylation is 3. The van der Waals surface area contributed by atoms with Crippen molar-refractivity contribution in [1.82, 2.24) is 33.8 Å². The number of fused-ring (bicyclic) bond motifs is 3. The SMILES string of the molecule is CCc1nccc(-c2ccc3c(c2)cc(C(=O)N2CCc4nn(-c5cc(C)cc(C)c5)c(N5Cc6ccc(-n7ccnc7)cc6C5=O)c4C2)n3[C@@]2(C(N)=NC(O)O)C[C@@H]2C)c1C. The number of benzene rings is 3. The van der Waals surface area contributed by atoms with Crippen molar-refractivity contribution in [3.8, 4) is 22.5 Å². The summed E-state index contributed by atoms with van der Waals surface area (Å²) in [5.41, 5.74) is 18.0. The molecule has 0 saturated heterocycles. The van der Waals surface area contributed by atoms with Gasteiger partial charge in [0.1, 0.15) is 22.9 Å². The highest BCUT2D eigenvalue weighted by atomic mass is 16.5. The van der Waals surface area contributed by atoms with Gasteiger partial charge < -0.3 is 30.0 Å². The lowest BCUT2D eigenvalue weighted by Gasteiger charge is -2.30. The molecule has 1 aliphatic carbocycles. The van der Waals surface area contributed by atoms with Crippen LogP contribution in [0.2, 0.25) is 0 Å². The molecule has 0 spiro atoms. The summed E-state index contributed by atoms with van der Waals surface area (Å²) in [4.78, 5) is 46.3. The maximum atomic E-state index is 15.3. The molecule has 4 N–H and O–H groups in total. The van der Waals surface area contributed by atoms with Gasteiger partial charge in [-0.05, 0) is 121 Å². The average molecular weight is 829 g/mol. The summed E-state index contributed by atoms with van der Waals surface area (Å²) >= 11 is 0. The summed E-state index contributed by atoms with van der Waals surface area (Å²) in [5.74, 6) is 0.278. The highest BCUT2D eigenvalue weighted by molar-refractivity contribution is 6.10. The van der Waals surface area contributed by atoms with E-state index in [1.54, 1.807) is 17.4 Å². The fourth-order valence-corrected chi connectivity index (χ4v) is 9.90. The molecule has 4 aromatic heterocycles. The smallest absolute Gasteiger partial charge is 0.270 e. The molecule has 1 saturated carbocycles. The van der Waals surface area contributed by atoms with Crippen molar-refractivity contribution < 1.29 is 19.8 Å². The topological polar surface area (TPSA) is 173 Å². The number of hydrogen-bond acceptors (Lipinski definition) is 8. The number of nitrogens with two attached hydrogens (primary N) is 1. The first-order valence-electron chi connectivity index (χ1n) is 21.1. The van der Waals surface area contributed by atoms with Gasteiger partial charge in [-0.25, -0.2) is 14.7 Å². The van der Waals surface area contributed by atoms with Gasteiger partial charge in [-0.15, -0.1) is 0 Å². The van der Waals surface area contributed by atoms with Gasteiger partial charge in [0, 0.05) is 65.0 Å². The summed E-state index contributed by atoms with van der Waals surface area (Å²) in [7, 11) is 0. The number of imidazole rings is 1. The van der Waals surface area contributed by atoms with Gasteiger partial charge in [0.25, 0.3) is 18.2 Å². The molecule has 0 radical (unpaired) electrons. The van der Waals surface area contributed by atoms with Crippen LogP contribution in [0.25, 0.3) is 33.4 Å². The summed E-state index contributed by atoms with van der Waals surface area (Å²) in [6.45, 7) is 11.2. The van der Waals surface area contributed by atoms with Gasteiger partial charge in [0.15, 0.2) is 0 Å². The third kappa shape index (κ3) is 6.23. The van der Waals surface area contributed by atoms with Gasteiger partial charge in [0.2, 0.25) is 0 Å². The molecule has 14 heteroatoms. The predicted octanol–water partition coefficient (Wildman–Crippen LogP) is 6.28. The fourth-order valence-electron chi connectivity index (χ4n) is 9.90. The monoisotopic (exact) mass is 828 g/mol. The van der Waals surface area contributed by atoms with Gasteiger partial charge >= 0.3 is 0 Å². The Balaban J connectivity index is 1.09. The Kier molecular flexibility index (Phi) is 9.26. The van der Waals surface area contributed by atoms with Crippen molar-refractivity contribution in [3.05, 3.63) is 142 Å². The first-order chi connectivity index (χ1) is 29.9. The summed E-state index contributed by atoms with van der Waals surface area (Å²) < 4.78 is 5.72. The number of aliphatic imine (C=N–C) groups is 1. The number of amidine groups is 1. The highest BCUT2D eigenvalue weighted by Crippen LogP contribution is 2.53. The van der Waals surface area contributed by atoms with Crippen LogP contribution in [0.3, 0.4) is 0 Å². The molecule has 2 atom stereocenters. The number of amides is 2. The lowest BCUT2D eigenvalue weighted by molar-refractivity contribution is -0.0315. The Morgan fingerprint density at radius 3 is 2.47 bits per heavy atom. The van der Waals surface area contributed by atoms with E-state index < -0.39 is 12.0 Å². The quantitative estimate of drug-likeness (QED) is 0.0867. The van der Waals surface area contributed by atoms with Crippen LogP contribution in [0.5, 0.6) is 0 Å². The number of rotatable bonds is 9. The van der Waals surface area contributed by atoms with E-state index in [0.29, 0.717) is 43.0 Å². The zero-order valence-corrected chi connectivity index (χ0v) is 35.4. The second-order valence-electron chi connectivity index (χ2n) is 17.0. The van der Waals surface area contributed by atoms with E-state index in [-0.39, 0.29) is 30.1 Å². The molecular formula is C48H48N10O4. The Hall–Kier alpha value is -6.90. The van der Waals surface area contributed by atoms with E-state index in [2.05, 4.69) is 53.1 Å². The van der Waals surface area contributed by atoms with E-state index >= 15 is 4.79 Å². The third-order valence-corrected chi connectivity index (χ3v) is 13.0. The van der Waals surface area contributed by atoms with Crippen LogP contribution in [0, 0.1) is 26.7 Å². The first-order valence-corrected chi connectivity index (χ1v) is 21.1. The number of pyridine rings is 1. The number of aliphatic hydroxyl groups is 2. The molecule has 10 rings (SSSR count). The summed E-state index contributed by atoms with van der Waals surface area (Å²) in [5, 5.41) is 25.9. The molecule has 2 amide bonds. The van der Waals surface area contributed by atoms with Crippen LogP contribution in [0.1, 0.15) is 80.3 Å². The molecule has 3 aliphatic rings. The van der Waals surface area contributed by atoms with Gasteiger partial charge in [-0.3, -0.25) is 19.5 Å². The number of carbonyl (C=O) groups is 2. The minimum absolute atomic E-state index is 0.0472. The van der Waals surface area contributed by atoms with Crippen LogP contribution in [0.15, 0.2) is 96.6 Å². The second kappa shape index (κ2) is 14.6. The van der Waals surface area contributed by atoms with Crippen molar-refractivity contribution in [1.29, 1.82) is 0 Å². The van der Waals surface area contributed by atoms with E-state index in [1.807, 2.05) is 94.3 Å². The largest absolute Gasteiger partial charge is 0.385 e. The van der Waals surface area contributed by atoms with E-state index in [4.69, 9.17) is 10.8 Å². The normalized spacial score (nSPS) is 18.5. The molecule has 7 aromatic rings. The minimum Gasteiger partial charge on any atom is -0.385 e. The molecule has 1 fully saturated rings. The number of nitrogens with zero attached hydrogens (tertiary/aromatic N) is 9. The lowest BCUT2D eigenvalue weighted by atomic mass is 9.98. The highest BCUT2D eigenvalue weighted by Gasteiger charge is 2.58. The van der Waals surface area contributed by atoms with Crippen LogP contribution < -0.4 is 10.6 Å². The van der Waals surface area contributed by atoms with Gasteiger partial charge in [-0.1, -0.05) is 32.0 Å². The van der Waals surface area contributed by atoms with E-state index in [0.717, 1.165) is 79.0 Å². The van der Waals surface area contributed by atoms with Crippen LogP contribution in [-0.4, -0.2) is 74.6 Å². The second-order valence-corrected chi connectivity index (χ2v) is 17.0. The van der Waals surface area contributed by atoms with E-state index in [9.17, 15) is 15.0 Å². The van der Waals surface area contributed by atoms with Crippen LogP contribution in [-0.2, 0) is 31.5 Å². The van der Waals surface area contributed by atoms with Gasteiger partial charge in [0.05, 0.1) is 30.8 Å². The van der Waals surface area contributed by atoms with Crippen molar-refractivity contribution in [3.63, 3.8) is 0 Å². The zero-order chi connectivity index (χ0) is 43.2. The molecule has 14 nitrogen and oxygen atoms in total. The van der Waals surface area contributed by atoms with Crippen molar-refractivity contribution >= 4 is 34.4 Å². The molecule has 2 aliphatic heterocycles. The maximum absolute atomic E-state index is 15.3. The number of carbonyl (C=O) groups excluding carboxylic acids is 2. The summed E-state index contributed by atoms with van der Waals surface area (Å²) in [6.07, 6.45) is 6.93. The van der Waals surface area contributed by atoms with Crippen molar-refractivity contribution in [2.75, 3.05) is 11.4 Å². The number of aliphatic hydroxyl groups excluding tert-OH is 1. The molecule has 62 heavy (non-hydrogen) atoms. The minimum atomic E-state index is -2.00. The number of aromatic nitrogens is 6. The molecule has 0 unspecified atom stereocenters. The van der Waals surface area contributed by atoms with Gasteiger partial charge in [-0.2, -0.15) is 5.10 Å². The molecule has 3 aromatic carbocycles. The third-order valence-electron chi connectivity index (χ3n) is 13.0. The van der Waals surface area contributed by atoms with Crippen molar-refractivity contribution in [2.45, 2.75) is 78.9 Å². The first kappa shape index (κ1) is 39.2. The van der Waals surface area contributed by atoms with Crippen LogP contribution >= 0.6 is 0 Å². The van der Waals surface area contributed by atoms with Crippen LogP contribution in [0.4, 0.5) is 5.82 Å². The Morgan fingerprint density at radius 1 is 0.968 bits per heavy atom. The lowest BCUT2D eigenvalue weighted by Crippen LogP contribution is -2.42. The van der Waals surface area contributed by atoms with Crippen molar-refractivity contribution in [2.24, 2.45) is 16.6 Å². The molecule has 0 bridgehead atoms. The van der Waals surface area contributed by atoms with E-state index in [1.165, 1.54) is 0 Å². The fraction of sp³-hybridized carbons (Fsp3) is 0.292. The number of anilines is 1. The maximum Gasteiger partial charge on any atom is 0.270 e. The Labute approximate surface area is 358 Å². The zero-order valence-electron chi connectivity index (χ0n) is 35.4. The molecular weight excluding hydrogens is 781 g/mol. The molecule has 314 valence electrons. The summed E-state index contributed by atoms with van der Waals surface area (Å²) in [6, 6.07) is 22.2. The average Bonchev–Trinajstić information content (AvgIpc) is 3.77. The number of hydrogen-bond donors (Lipinski definition) is 3. The Bertz CT molecular complexity index is 2980. The molecule has 6 heterocycles. The Morgan fingerprint density at radius 2 is 1.76 bits per heavy atom. The standard InChI is InChI=1S/C48H48N10O4/c1-6-39-30(5)36(11-13-51-39)31-8-10-41-33(20-31)21-42(57(41)48(23-29(48)4)46(49)52-47(61)62)45(60)54-15-12-40-38(25-54)43(58(53-40)35-18-27(2)17-28(3)19-35)56-24-32-7-9-34(22-37(32)44(56)59)55-16-14-50-26-55/h7-11,13-14,16-22,26,29,47,61-62H,6,12,15,23-25H2,1-5H3,(H2,49,52)/t29-,48-/m0/s1.